The number of anilines is 1. The van der Waals surface area contributed by atoms with Crippen molar-refractivity contribution in [3.63, 3.8) is 0 Å². The van der Waals surface area contributed by atoms with Gasteiger partial charge < -0.3 is 14.6 Å². The zero-order chi connectivity index (χ0) is 20.5. The lowest BCUT2D eigenvalue weighted by Crippen LogP contribution is -2.47. The molecule has 1 N–H and O–H groups in total. The number of hydrogen-bond acceptors (Lipinski definition) is 5. The molecule has 2 aromatic carbocycles. The van der Waals surface area contributed by atoms with Crippen LogP contribution in [0.2, 0.25) is 0 Å². The number of para-hydroxylation sites is 1. The van der Waals surface area contributed by atoms with Crippen LogP contribution in [0.5, 0.6) is 0 Å². The van der Waals surface area contributed by atoms with Crippen LogP contribution in [0.3, 0.4) is 0 Å². The summed E-state index contributed by atoms with van der Waals surface area (Å²) in [5.74, 6) is 0. The number of methoxy groups -OCH3 is 1. The van der Waals surface area contributed by atoms with E-state index in [1.165, 1.54) is 4.68 Å². The first-order valence-corrected chi connectivity index (χ1v) is 10.3. The quantitative estimate of drug-likeness (QED) is 0.555. The number of H-pyrrole nitrogens is 1. The molecule has 154 valence electrons. The highest BCUT2D eigenvalue weighted by Gasteiger charge is 2.21. The minimum absolute atomic E-state index is 0.105. The fourth-order valence-electron chi connectivity index (χ4n) is 4.14. The Balaban J connectivity index is 1.49. The van der Waals surface area contributed by atoms with Gasteiger partial charge in [-0.1, -0.05) is 18.2 Å². The van der Waals surface area contributed by atoms with Gasteiger partial charge in [0.15, 0.2) is 0 Å². The summed E-state index contributed by atoms with van der Waals surface area (Å²) < 4.78 is 6.68. The first kappa shape index (κ1) is 18.8. The van der Waals surface area contributed by atoms with E-state index in [4.69, 9.17) is 4.74 Å². The standard InChI is InChI=1S/C23H25N5O2/c1-30-14-13-26-9-11-27(12-10-26)18-7-8-21-19(15-18)22-20(16-24-21)23(29)28(25-22)17-5-3-2-4-6-17/h2-8,15-16,24H,9-14H2,1H3. The molecule has 0 atom stereocenters. The molecular weight excluding hydrogens is 378 g/mol. The summed E-state index contributed by atoms with van der Waals surface area (Å²) in [4.78, 5) is 21.0. The fourth-order valence-corrected chi connectivity index (χ4v) is 4.14. The minimum Gasteiger partial charge on any atom is -0.383 e. The molecule has 0 aliphatic carbocycles. The van der Waals surface area contributed by atoms with Crippen LogP contribution in [-0.2, 0) is 4.74 Å². The number of aromatic amines is 1. The Morgan fingerprint density at radius 2 is 1.83 bits per heavy atom. The normalized spacial score (nSPS) is 15.3. The molecule has 3 aliphatic heterocycles. The third-order valence-corrected chi connectivity index (χ3v) is 5.86. The van der Waals surface area contributed by atoms with E-state index < -0.39 is 0 Å². The van der Waals surface area contributed by atoms with Gasteiger partial charge in [-0.25, -0.2) is 0 Å². The SMILES string of the molecule is COCCN1CCN(c2ccc3[nH]cc4c(=O)n(-c5ccccc5)nc-4c3c2)CC1. The predicted octanol–water partition coefficient (Wildman–Crippen LogP) is 2.59. The smallest absolute Gasteiger partial charge is 0.282 e. The second kappa shape index (κ2) is 7.93. The molecule has 3 aliphatic rings. The van der Waals surface area contributed by atoms with Crippen LogP contribution in [-0.4, -0.2) is 66.1 Å². The summed E-state index contributed by atoms with van der Waals surface area (Å²) in [5.41, 5.74) is 4.15. The van der Waals surface area contributed by atoms with Crippen molar-refractivity contribution in [2.75, 3.05) is 51.3 Å². The zero-order valence-corrected chi connectivity index (χ0v) is 17.0. The lowest BCUT2D eigenvalue weighted by molar-refractivity contribution is 0.144. The molecule has 0 aromatic heterocycles. The van der Waals surface area contributed by atoms with Crippen molar-refractivity contribution in [1.29, 1.82) is 0 Å². The molecule has 0 saturated carbocycles. The van der Waals surface area contributed by atoms with E-state index in [-0.39, 0.29) is 5.56 Å². The Kier molecular flexibility index (Phi) is 4.98. The summed E-state index contributed by atoms with van der Waals surface area (Å²) in [5, 5.41) is 5.66. The zero-order valence-electron chi connectivity index (χ0n) is 17.0. The third kappa shape index (κ3) is 3.36. The highest BCUT2D eigenvalue weighted by atomic mass is 16.5. The number of nitrogens with one attached hydrogen (secondary N) is 1. The Labute approximate surface area is 174 Å². The summed E-state index contributed by atoms with van der Waals surface area (Å²) in [6, 6.07) is 15.9. The van der Waals surface area contributed by atoms with Gasteiger partial charge in [0, 0.05) is 62.6 Å². The number of piperazine rings is 1. The van der Waals surface area contributed by atoms with E-state index in [1.54, 1.807) is 13.3 Å². The van der Waals surface area contributed by atoms with Gasteiger partial charge in [-0.15, -0.1) is 0 Å². The van der Waals surface area contributed by atoms with E-state index in [9.17, 15) is 4.79 Å². The fraction of sp³-hybridized carbons (Fsp3) is 0.304. The van der Waals surface area contributed by atoms with Crippen LogP contribution in [0.1, 0.15) is 0 Å². The first-order valence-electron chi connectivity index (χ1n) is 10.3. The molecular formula is C23H25N5O2. The molecule has 0 bridgehead atoms. The summed E-state index contributed by atoms with van der Waals surface area (Å²) in [6.45, 7) is 5.72. The number of rotatable bonds is 5. The molecule has 0 radical (unpaired) electrons. The molecule has 0 spiro atoms. The van der Waals surface area contributed by atoms with Crippen molar-refractivity contribution in [1.82, 2.24) is 19.7 Å². The average molecular weight is 403 g/mol. The molecule has 7 nitrogen and oxygen atoms in total. The van der Waals surface area contributed by atoms with E-state index >= 15 is 0 Å². The Morgan fingerprint density at radius 1 is 1.03 bits per heavy atom. The van der Waals surface area contributed by atoms with Crippen molar-refractivity contribution in [3.05, 3.63) is 65.1 Å². The average Bonchev–Trinajstić information content (AvgIpc) is 3.15. The third-order valence-electron chi connectivity index (χ3n) is 5.86. The Hall–Kier alpha value is -3.16. The maximum atomic E-state index is 12.9. The summed E-state index contributed by atoms with van der Waals surface area (Å²) in [7, 11) is 1.75. The van der Waals surface area contributed by atoms with Crippen molar-refractivity contribution in [2.24, 2.45) is 0 Å². The molecule has 0 unspecified atom stereocenters. The van der Waals surface area contributed by atoms with Crippen molar-refractivity contribution < 1.29 is 4.74 Å². The molecule has 7 heteroatoms. The number of ether oxygens (including phenoxy) is 1. The number of pyridine rings is 1. The molecule has 5 rings (SSSR count). The number of hydrogen-bond donors (Lipinski definition) is 1. The van der Waals surface area contributed by atoms with E-state index in [0.29, 0.717) is 5.56 Å². The second-order valence-electron chi connectivity index (χ2n) is 7.65. The Bertz CT molecular complexity index is 1180. The summed E-state index contributed by atoms with van der Waals surface area (Å²) in [6.07, 6.45) is 1.76. The topological polar surface area (TPSA) is 66.4 Å². The maximum Gasteiger partial charge on any atom is 0.282 e. The number of benzene rings is 2. The van der Waals surface area contributed by atoms with Crippen LogP contribution in [0.15, 0.2) is 59.5 Å². The monoisotopic (exact) mass is 403 g/mol. The minimum atomic E-state index is -0.105. The van der Waals surface area contributed by atoms with Crippen molar-refractivity contribution in [2.45, 2.75) is 0 Å². The molecule has 1 saturated heterocycles. The maximum absolute atomic E-state index is 12.9. The van der Waals surface area contributed by atoms with Gasteiger partial charge in [-0.3, -0.25) is 9.69 Å². The Morgan fingerprint density at radius 3 is 2.60 bits per heavy atom. The second-order valence-corrected chi connectivity index (χ2v) is 7.65. The highest BCUT2D eigenvalue weighted by molar-refractivity contribution is 5.95. The van der Waals surface area contributed by atoms with Gasteiger partial charge in [0.25, 0.3) is 5.56 Å². The molecule has 2 aromatic rings. The molecule has 0 amide bonds. The van der Waals surface area contributed by atoms with Gasteiger partial charge in [-0.2, -0.15) is 9.78 Å². The van der Waals surface area contributed by atoms with Crippen LogP contribution in [0.4, 0.5) is 5.69 Å². The summed E-state index contributed by atoms with van der Waals surface area (Å²) >= 11 is 0. The first-order chi connectivity index (χ1) is 14.7. The number of nitrogens with zero attached hydrogens (tertiary/aromatic N) is 4. The number of aromatic nitrogens is 3. The van der Waals surface area contributed by atoms with Gasteiger partial charge >= 0.3 is 0 Å². The van der Waals surface area contributed by atoms with Gasteiger partial charge in [0.2, 0.25) is 0 Å². The molecule has 1 fully saturated rings. The van der Waals surface area contributed by atoms with E-state index in [0.717, 1.165) is 67.3 Å². The van der Waals surface area contributed by atoms with Gasteiger partial charge in [0.05, 0.1) is 17.9 Å². The van der Waals surface area contributed by atoms with Crippen LogP contribution < -0.4 is 10.5 Å². The van der Waals surface area contributed by atoms with E-state index in [1.807, 2.05) is 30.3 Å². The van der Waals surface area contributed by atoms with Crippen molar-refractivity contribution in [3.8, 4) is 16.9 Å². The van der Waals surface area contributed by atoms with Crippen molar-refractivity contribution >= 4 is 16.6 Å². The van der Waals surface area contributed by atoms with Crippen LogP contribution >= 0.6 is 0 Å². The lowest BCUT2D eigenvalue weighted by atomic mass is 10.1. The van der Waals surface area contributed by atoms with Gasteiger partial charge in [-0.05, 0) is 30.3 Å². The largest absolute Gasteiger partial charge is 0.383 e. The van der Waals surface area contributed by atoms with E-state index in [2.05, 4.69) is 38.1 Å². The lowest BCUT2D eigenvalue weighted by Gasteiger charge is -2.36. The van der Waals surface area contributed by atoms with Gasteiger partial charge in [0.1, 0.15) is 5.69 Å². The highest BCUT2D eigenvalue weighted by Crippen LogP contribution is 2.30. The predicted molar refractivity (Wildman–Crippen MR) is 119 cm³/mol. The number of fused-ring (bicyclic) bond motifs is 3. The molecule has 3 heterocycles. The van der Waals surface area contributed by atoms with Crippen LogP contribution in [0.25, 0.3) is 27.8 Å². The molecule has 30 heavy (non-hydrogen) atoms. The van der Waals surface area contributed by atoms with Crippen LogP contribution in [0, 0.1) is 0 Å².